The van der Waals surface area contributed by atoms with E-state index in [9.17, 15) is 39.6 Å². The number of cyclic esters (lactones) is 1. The van der Waals surface area contributed by atoms with Crippen LogP contribution in [0.15, 0.2) is 28.3 Å². The number of rotatable bonds is 24. The van der Waals surface area contributed by atoms with Crippen LogP contribution in [0.3, 0.4) is 0 Å². The van der Waals surface area contributed by atoms with Crippen LogP contribution in [-0.2, 0) is 57.1 Å². The van der Waals surface area contributed by atoms with Crippen LogP contribution in [0.5, 0.6) is 0 Å². The second-order valence-corrected chi connectivity index (χ2v) is 25.7. The summed E-state index contributed by atoms with van der Waals surface area (Å²) in [5.74, 6) is -5.88. The van der Waals surface area contributed by atoms with Crippen LogP contribution < -0.4 is 16.1 Å². The summed E-state index contributed by atoms with van der Waals surface area (Å²) in [5.41, 5.74) is -4.28. The molecule has 4 fully saturated rings. The van der Waals surface area contributed by atoms with Gasteiger partial charge in [-0.2, -0.15) is 0 Å². The number of anilines is 1. The number of hydrogen-bond acceptors (Lipinski definition) is 22. The maximum atomic E-state index is 15.0. The third kappa shape index (κ3) is 17.2. The van der Waals surface area contributed by atoms with Crippen LogP contribution >= 0.6 is 11.6 Å². The van der Waals surface area contributed by atoms with Crippen LogP contribution in [0.2, 0.25) is 5.02 Å². The van der Waals surface area contributed by atoms with E-state index in [1.807, 2.05) is 63.3 Å². The number of carboxylic acids is 1. The second-order valence-electron chi connectivity index (χ2n) is 25.3. The third-order valence-corrected chi connectivity index (χ3v) is 18.0. The number of oxime groups is 1. The van der Waals surface area contributed by atoms with Gasteiger partial charge in [0.25, 0.3) is 0 Å². The Morgan fingerprint density at radius 3 is 2.23 bits per heavy atom. The number of esters is 2. The molecule has 6 rings (SSSR count). The lowest BCUT2D eigenvalue weighted by molar-refractivity contribution is -0.318. The number of methoxy groups -OCH3 is 1. The van der Waals surface area contributed by atoms with E-state index in [4.69, 9.17) is 59.1 Å². The van der Waals surface area contributed by atoms with Gasteiger partial charge in [0, 0.05) is 81.1 Å². The lowest BCUT2D eigenvalue weighted by Crippen LogP contribution is -2.61. The Balaban J connectivity index is 1.22. The summed E-state index contributed by atoms with van der Waals surface area (Å²) in [5, 5.41) is 59.0. The average molecular weight is 1240 g/mol. The Hall–Kier alpha value is -4.12. The van der Waals surface area contributed by atoms with Gasteiger partial charge in [-0.3, -0.25) is 14.4 Å². The largest absolute Gasteiger partial charge is 0.477 e. The minimum Gasteiger partial charge on any atom is -0.477 e. The van der Waals surface area contributed by atoms with Crippen molar-refractivity contribution in [2.45, 2.75) is 204 Å². The maximum absolute atomic E-state index is 15.0. The molecule has 1 saturated carbocycles. The Morgan fingerprint density at radius 1 is 0.919 bits per heavy atom. The number of fused-ring (bicyclic) bond motifs is 1. The van der Waals surface area contributed by atoms with Gasteiger partial charge in [0.05, 0.1) is 70.9 Å². The summed E-state index contributed by atoms with van der Waals surface area (Å²) in [7, 11) is 10.5. The Morgan fingerprint density at radius 2 is 1.62 bits per heavy atom. The molecule has 0 spiro atoms. The summed E-state index contributed by atoms with van der Waals surface area (Å²) in [6.45, 7) is 19.2. The number of hydrogen-bond donors (Lipinski definition) is 6. The first kappa shape index (κ1) is 71.0. The number of carbonyl (C=O) groups is 3. The number of aliphatic hydroxyl groups excluding tert-OH is 1. The summed E-state index contributed by atoms with van der Waals surface area (Å²) < 4.78 is 59.6. The highest BCUT2D eigenvalue weighted by molar-refractivity contribution is 6.34. The molecule has 86 heavy (non-hydrogen) atoms. The van der Waals surface area contributed by atoms with E-state index in [1.54, 1.807) is 60.6 Å². The molecule has 0 unspecified atom stereocenters. The molecule has 1 aromatic heterocycles. The van der Waals surface area contributed by atoms with Crippen molar-refractivity contribution >= 4 is 51.8 Å². The zero-order chi connectivity index (χ0) is 63.7. The highest BCUT2D eigenvalue weighted by Crippen LogP contribution is 2.43. The number of likely N-dealkylation sites (N-methyl/N-ethyl adjacent to an activating group) is 2. The van der Waals surface area contributed by atoms with E-state index in [0.717, 1.165) is 12.8 Å². The van der Waals surface area contributed by atoms with Crippen molar-refractivity contribution in [1.29, 1.82) is 0 Å². The summed E-state index contributed by atoms with van der Waals surface area (Å²) in [4.78, 5) is 63.0. The van der Waals surface area contributed by atoms with Gasteiger partial charge in [-0.15, -0.1) is 0 Å². The van der Waals surface area contributed by atoms with Crippen LogP contribution in [0, 0.1) is 23.7 Å². The molecule has 18 atom stereocenters. The number of aromatic carboxylic acids is 1. The monoisotopic (exact) mass is 1240 g/mol. The van der Waals surface area contributed by atoms with Gasteiger partial charge in [0.2, 0.25) is 5.43 Å². The normalized spacial score (nSPS) is 35.6. The van der Waals surface area contributed by atoms with Crippen LogP contribution in [0.25, 0.3) is 10.9 Å². The van der Waals surface area contributed by atoms with Crippen LogP contribution in [0.1, 0.15) is 131 Å². The number of nitrogens with one attached hydrogen (secondary N) is 2. The molecular weight excluding hydrogens is 1140 g/mol. The molecule has 1 aliphatic carbocycles. The van der Waals surface area contributed by atoms with Crippen molar-refractivity contribution in [2.75, 3.05) is 87.3 Å². The van der Waals surface area contributed by atoms with E-state index in [-0.39, 0.29) is 68.2 Å². The molecule has 24 nitrogen and oxygen atoms in total. The van der Waals surface area contributed by atoms with Gasteiger partial charge in [-0.25, -0.2) is 4.79 Å². The van der Waals surface area contributed by atoms with Crippen LogP contribution in [-0.4, -0.2) is 225 Å². The fourth-order valence-corrected chi connectivity index (χ4v) is 13.0. The maximum Gasteiger partial charge on any atom is 0.341 e. The van der Waals surface area contributed by atoms with Gasteiger partial charge in [-0.05, 0) is 114 Å². The van der Waals surface area contributed by atoms with E-state index in [0.29, 0.717) is 54.6 Å². The molecule has 25 heteroatoms. The summed E-state index contributed by atoms with van der Waals surface area (Å²) in [6, 6.07) is 2.99. The van der Waals surface area contributed by atoms with E-state index in [2.05, 4.69) is 15.8 Å². The van der Waals surface area contributed by atoms with E-state index in [1.165, 1.54) is 20.4 Å². The van der Waals surface area contributed by atoms with Crippen LogP contribution in [0.4, 0.5) is 5.69 Å². The van der Waals surface area contributed by atoms with Crippen molar-refractivity contribution in [1.82, 2.24) is 19.7 Å². The van der Waals surface area contributed by atoms with Crippen molar-refractivity contribution in [3.8, 4) is 0 Å². The first-order valence-electron chi connectivity index (χ1n) is 30.3. The number of carbonyl (C=O) groups excluding carboxylic acids is 2. The van der Waals surface area contributed by atoms with E-state index >= 15 is 0 Å². The number of carboxylic acid groups (broad SMARTS) is 1. The number of nitrogens with zero attached hydrogens (tertiary/aromatic N) is 4. The topological polar surface area (TPSA) is 289 Å². The quantitative estimate of drug-likeness (QED) is 0.0331. The minimum atomic E-state index is -1.85. The predicted octanol–water partition coefficient (Wildman–Crippen LogP) is 5.42. The van der Waals surface area contributed by atoms with E-state index < -0.39 is 119 Å². The number of ether oxygens (including phenoxy) is 9. The Bertz CT molecular complexity index is 2670. The zero-order valence-corrected chi connectivity index (χ0v) is 54.1. The molecule has 3 saturated heterocycles. The zero-order valence-electron chi connectivity index (χ0n) is 53.3. The number of aromatic nitrogens is 1. The Labute approximate surface area is 511 Å². The molecule has 4 heterocycles. The highest BCUT2D eigenvalue weighted by Gasteiger charge is 2.55. The standard InChI is InChI=1S/C61H99ClN6O18/c1-17-46-61(10,76)54(80-32-79-25-24-66(11)12)35(4)49(65-78-16)33(2)29-59(8,75)53(86-58-51(71)45(67(13)14)26-34(3)81-58)36(5)52(37(6)57(74)83-46)85-48-30-60(9,77-15)55(38(7)82-48)84-47(69)20-21-63-22-23-64-43-27-40-44(28-42(43)62)68(39-18-19-39)31-41(50(40)70)56(72)73/h27-28,31,33-39,45-46,48,51-55,58,63-64,71,75-76H,17-26,29-30,32H2,1-16H3,(H,72,73)/b65-49+/t33-,34-,35+,36+,37-,38+,45+,46-,48+,51-,52+,53-,54-,55+,58+,59-,60-,61-/m1/s1. The van der Waals surface area contributed by atoms with Gasteiger partial charge >= 0.3 is 17.9 Å². The average Bonchev–Trinajstić information content (AvgIpc) is 1.58. The van der Waals surface area contributed by atoms with Crippen molar-refractivity contribution < 1.29 is 82.3 Å². The first-order chi connectivity index (χ1) is 40.4. The number of pyridine rings is 1. The van der Waals surface area contributed by atoms with Gasteiger partial charge in [-0.1, -0.05) is 44.5 Å². The predicted molar refractivity (Wildman–Crippen MR) is 322 cm³/mol. The fourth-order valence-electron chi connectivity index (χ4n) is 12.7. The molecule has 6 N–H and O–H groups in total. The smallest absolute Gasteiger partial charge is 0.341 e. The highest BCUT2D eigenvalue weighted by atomic mass is 35.5. The van der Waals surface area contributed by atoms with Gasteiger partial charge in [0.1, 0.15) is 49.0 Å². The van der Waals surface area contributed by atoms with Crippen molar-refractivity contribution in [3.05, 3.63) is 39.1 Å². The number of aliphatic hydroxyl groups is 3. The lowest BCUT2D eigenvalue weighted by Gasteiger charge is -2.49. The first-order valence-corrected chi connectivity index (χ1v) is 30.7. The molecule has 2 aromatic rings. The molecular formula is C61H99ClN6O18. The number of halogens is 1. The fraction of sp³-hybridized carbons (Fsp3) is 0.787. The second kappa shape index (κ2) is 30.6. The summed E-state index contributed by atoms with van der Waals surface area (Å²) in [6.07, 6.45) is -6.41. The SMILES string of the molecule is CC[C@H]1OC(=O)[C@H](C)[C@@H](O[C@H]2C[C@@](C)(OC)[C@@H](OC(=O)CCNCCNc3cc4c(=O)c(C(=O)O)cn(C5CC5)c4cc3Cl)[C@H](C)O2)[C@H](C)[C@@H](O[C@@H]2O[C@H](C)C[C@H](N(C)C)[C@H]2O)[C@](C)(O)C[C@@H](C)/C(=N\OC)[C@H](C)[C@@H](OCOCCN(C)C)[C@]1(C)O. The van der Waals surface area contributed by atoms with Gasteiger partial charge < -0.3 is 92.9 Å². The Kier molecular flexibility index (Phi) is 25.2. The van der Waals surface area contributed by atoms with Crippen molar-refractivity contribution in [2.24, 2.45) is 28.8 Å². The van der Waals surface area contributed by atoms with Crippen molar-refractivity contribution in [3.63, 3.8) is 0 Å². The number of benzene rings is 1. The summed E-state index contributed by atoms with van der Waals surface area (Å²) >= 11 is 6.66. The molecule has 4 aliphatic rings. The molecule has 0 amide bonds. The molecule has 0 radical (unpaired) electrons. The lowest BCUT2D eigenvalue weighted by atomic mass is 9.73. The molecule has 488 valence electrons. The molecule has 1 aromatic carbocycles. The van der Waals surface area contributed by atoms with Gasteiger partial charge in [0.15, 0.2) is 18.7 Å². The third-order valence-electron chi connectivity index (χ3n) is 17.7. The molecule has 3 aliphatic heterocycles. The molecule has 0 bridgehead atoms. The minimum absolute atomic E-state index is 0.00611.